The van der Waals surface area contributed by atoms with Crippen molar-refractivity contribution in [2.45, 2.75) is 38.6 Å². The van der Waals surface area contributed by atoms with Crippen molar-refractivity contribution in [1.82, 2.24) is 15.0 Å². The van der Waals surface area contributed by atoms with Gasteiger partial charge in [0.05, 0.1) is 0 Å². The summed E-state index contributed by atoms with van der Waals surface area (Å²) in [5.41, 5.74) is 3.21. The molecule has 1 aromatic heterocycles. The van der Waals surface area contributed by atoms with Gasteiger partial charge in [0.25, 0.3) is 5.89 Å². The van der Waals surface area contributed by atoms with Crippen LogP contribution in [0.15, 0.2) is 53.1 Å². The monoisotopic (exact) mass is 381 g/mol. The number of aromatic nitrogens is 2. The molecule has 1 atom stereocenters. The summed E-state index contributed by atoms with van der Waals surface area (Å²) in [6, 6.07) is 16.6. The lowest BCUT2D eigenvalue weighted by atomic mass is 9.96. The fourth-order valence-electron chi connectivity index (χ4n) is 3.65. The molecular formula is C22H24ClN3O. The van der Waals surface area contributed by atoms with Crippen molar-refractivity contribution < 1.29 is 4.52 Å². The molecule has 3 aromatic rings. The molecular weight excluding hydrogens is 358 g/mol. The second kappa shape index (κ2) is 7.83. The second-order valence-corrected chi connectivity index (χ2v) is 7.91. The number of hydrogen-bond acceptors (Lipinski definition) is 4. The first-order valence-corrected chi connectivity index (χ1v) is 9.92. The highest BCUT2D eigenvalue weighted by atomic mass is 35.5. The van der Waals surface area contributed by atoms with E-state index in [0.29, 0.717) is 17.9 Å². The number of rotatable bonds is 4. The van der Waals surface area contributed by atoms with Crippen molar-refractivity contribution >= 4 is 11.6 Å². The van der Waals surface area contributed by atoms with Gasteiger partial charge in [-0.3, -0.25) is 0 Å². The molecule has 0 amide bonds. The quantitative estimate of drug-likeness (QED) is 0.586. The maximum atomic E-state index is 5.97. The number of hydrogen-bond donors (Lipinski definition) is 0. The lowest BCUT2D eigenvalue weighted by Crippen LogP contribution is -2.39. The molecule has 0 bridgehead atoms. The number of piperidine rings is 1. The van der Waals surface area contributed by atoms with Crippen LogP contribution in [0.2, 0.25) is 5.02 Å². The molecule has 0 radical (unpaired) electrons. The lowest BCUT2D eigenvalue weighted by molar-refractivity contribution is 0.163. The summed E-state index contributed by atoms with van der Waals surface area (Å²) in [5, 5.41) is 5.02. The van der Waals surface area contributed by atoms with Gasteiger partial charge in [-0.2, -0.15) is 4.98 Å². The first-order valence-electron chi connectivity index (χ1n) is 9.54. The van der Waals surface area contributed by atoms with Gasteiger partial charge in [0.1, 0.15) is 0 Å². The minimum atomic E-state index is 0.354. The Hall–Kier alpha value is -2.17. The average Bonchev–Trinajstić information content (AvgIpc) is 3.19. The molecule has 2 aromatic carbocycles. The standard InChI is InChI=1S/C22H24ClN3O/c1-15(2)26-13-3-4-19(14-26)21-24-22(27-25-21)18-7-5-16(6-8-18)17-9-11-20(23)12-10-17/h5-12,15,19H,3-4,13-14H2,1-2H3. The van der Waals surface area contributed by atoms with Crippen LogP contribution >= 0.6 is 11.6 Å². The molecule has 0 saturated carbocycles. The fraction of sp³-hybridized carbons (Fsp3) is 0.364. The smallest absolute Gasteiger partial charge is 0.257 e. The van der Waals surface area contributed by atoms with E-state index in [0.717, 1.165) is 47.0 Å². The van der Waals surface area contributed by atoms with Gasteiger partial charge >= 0.3 is 0 Å². The van der Waals surface area contributed by atoms with Crippen LogP contribution in [-0.4, -0.2) is 34.2 Å². The zero-order valence-corrected chi connectivity index (χ0v) is 16.5. The molecule has 5 heteroatoms. The first-order chi connectivity index (χ1) is 13.1. The van der Waals surface area contributed by atoms with Gasteiger partial charge in [-0.25, -0.2) is 0 Å². The van der Waals surface area contributed by atoms with Crippen molar-refractivity contribution in [3.05, 3.63) is 59.4 Å². The van der Waals surface area contributed by atoms with Gasteiger partial charge in [-0.15, -0.1) is 0 Å². The molecule has 140 valence electrons. The molecule has 1 fully saturated rings. The number of likely N-dealkylation sites (tertiary alicyclic amines) is 1. The fourth-order valence-corrected chi connectivity index (χ4v) is 3.78. The predicted octanol–water partition coefficient (Wildman–Crippen LogP) is 5.64. The highest BCUT2D eigenvalue weighted by molar-refractivity contribution is 6.30. The minimum Gasteiger partial charge on any atom is -0.334 e. The van der Waals surface area contributed by atoms with Crippen LogP contribution in [-0.2, 0) is 0 Å². The Morgan fingerprint density at radius 2 is 1.63 bits per heavy atom. The normalized spacial score (nSPS) is 18.1. The molecule has 4 nitrogen and oxygen atoms in total. The van der Waals surface area contributed by atoms with Crippen molar-refractivity contribution in [2.24, 2.45) is 0 Å². The highest BCUT2D eigenvalue weighted by Crippen LogP contribution is 2.29. The summed E-state index contributed by atoms with van der Waals surface area (Å²) in [5.74, 6) is 1.78. The molecule has 1 saturated heterocycles. The van der Waals surface area contributed by atoms with Crippen molar-refractivity contribution in [3.63, 3.8) is 0 Å². The third kappa shape index (κ3) is 4.07. The van der Waals surface area contributed by atoms with Crippen molar-refractivity contribution in [1.29, 1.82) is 0 Å². The van der Waals surface area contributed by atoms with E-state index in [-0.39, 0.29) is 0 Å². The van der Waals surface area contributed by atoms with E-state index in [2.05, 4.69) is 36.0 Å². The van der Waals surface area contributed by atoms with E-state index < -0.39 is 0 Å². The van der Waals surface area contributed by atoms with E-state index in [9.17, 15) is 0 Å². The molecule has 27 heavy (non-hydrogen) atoms. The highest BCUT2D eigenvalue weighted by Gasteiger charge is 2.26. The number of halogens is 1. The van der Waals surface area contributed by atoms with Crippen LogP contribution in [0.3, 0.4) is 0 Å². The van der Waals surface area contributed by atoms with Gasteiger partial charge in [0, 0.05) is 29.1 Å². The summed E-state index contributed by atoms with van der Waals surface area (Å²) in [6.07, 6.45) is 2.31. The first kappa shape index (κ1) is 18.2. The summed E-state index contributed by atoms with van der Waals surface area (Å²) in [6.45, 7) is 6.65. The van der Waals surface area contributed by atoms with Gasteiger partial charge < -0.3 is 9.42 Å². The molecule has 0 aliphatic carbocycles. The number of nitrogens with zero attached hydrogens (tertiary/aromatic N) is 3. The summed E-state index contributed by atoms with van der Waals surface area (Å²) >= 11 is 5.97. The molecule has 1 unspecified atom stereocenters. The largest absolute Gasteiger partial charge is 0.334 e. The molecule has 2 heterocycles. The van der Waals surface area contributed by atoms with E-state index in [4.69, 9.17) is 21.1 Å². The Bertz CT molecular complexity index is 887. The SMILES string of the molecule is CC(C)N1CCCC(c2noc(-c3ccc(-c4ccc(Cl)cc4)cc3)n2)C1. The van der Waals surface area contributed by atoms with E-state index >= 15 is 0 Å². The van der Waals surface area contributed by atoms with Crippen LogP contribution in [0.5, 0.6) is 0 Å². The zero-order chi connectivity index (χ0) is 18.8. The Kier molecular flexibility index (Phi) is 5.28. The van der Waals surface area contributed by atoms with E-state index in [1.165, 1.54) is 6.42 Å². The molecule has 4 rings (SSSR count). The van der Waals surface area contributed by atoms with Crippen LogP contribution in [0, 0.1) is 0 Å². The predicted molar refractivity (Wildman–Crippen MR) is 109 cm³/mol. The maximum Gasteiger partial charge on any atom is 0.257 e. The van der Waals surface area contributed by atoms with Crippen LogP contribution in [0.25, 0.3) is 22.6 Å². The molecule has 0 spiro atoms. The van der Waals surface area contributed by atoms with Gasteiger partial charge in [0.15, 0.2) is 5.82 Å². The van der Waals surface area contributed by atoms with E-state index in [1.807, 2.05) is 36.4 Å². The van der Waals surface area contributed by atoms with Crippen LogP contribution in [0.4, 0.5) is 0 Å². The molecule has 1 aliphatic heterocycles. The Balaban J connectivity index is 1.50. The topological polar surface area (TPSA) is 42.2 Å². The Morgan fingerprint density at radius 3 is 2.30 bits per heavy atom. The maximum absolute atomic E-state index is 5.97. The van der Waals surface area contributed by atoms with Crippen LogP contribution < -0.4 is 0 Å². The summed E-state index contributed by atoms with van der Waals surface area (Å²) < 4.78 is 5.56. The van der Waals surface area contributed by atoms with Gasteiger partial charge in [-0.1, -0.05) is 41.0 Å². The molecule has 0 N–H and O–H groups in total. The Labute approximate surface area is 165 Å². The van der Waals surface area contributed by atoms with Gasteiger partial charge in [0.2, 0.25) is 0 Å². The van der Waals surface area contributed by atoms with Gasteiger partial charge in [-0.05, 0) is 68.6 Å². The third-order valence-corrected chi connectivity index (χ3v) is 5.55. The Morgan fingerprint density at radius 1 is 1.00 bits per heavy atom. The number of benzene rings is 2. The van der Waals surface area contributed by atoms with Crippen molar-refractivity contribution in [3.8, 4) is 22.6 Å². The summed E-state index contributed by atoms with van der Waals surface area (Å²) in [7, 11) is 0. The third-order valence-electron chi connectivity index (χ3n) is 5.30. The molecule has 1 aliphatic rings. The van der Waals surface area contributed by atoms with Crippen molar-refractivity contribution in [2.75, 3.05) is 13.1 Å². The van der Waals surface area contributed by atoms with Crippen LogP contribution in [0.1, 0.15) is 38.4 Å². The average molecular weight is 382 g/mol. The second-order valence-electron chi connectivity index (χ2n) is 7.47. The van der Waals surface area contributed by atoms with E-state index in [1.54, 1.807) is 0 Å². The minimum absolute atomic E-state index is 0.354. The zero-order valence-electron chi connectivity index (χ0n) is 15.7. The lowest BCUT2D eigenvalue weighted by Gasteiger charge is -2.34. The summed E-state index contributed by atoms with van der Waals surface area (Å²) in [4.78, 5) is 7.18.